The van der Waals surface area contributed by atoms with E-state index in [1.54, 1.807) is 0 Å². The van der Waals surface area contributed by atoms with Crippen LogP contribution >= 0.6 is 7.60 Å². The summed E-state index contributed by atoms with van der Waals surface area (Å²) < 4.78 is 31.5. The molecule has 10 rings (SSSR count). The number of hydrogen-bond acceptors (Lipinski definition) is 12. The van der Waals surface area contributed by atoms with Crippen molar-refractivity contribution in [2.45, 2.75) is 111 Å². The number of nitriles is 2. The lowest BCUT2D eigenvalue weighted by molar-refractivity contribution is -0.142. The standard InChI is InChI=1S/C47H48N2O5.C46H49N2O6P/c1-46(2,3)39-17-9-34(10-18-39)36-13-23-42(24-14-36)49(43-25-15-37(16-26-43)35-11-19-40(20-12-35)47(4,5)6)41-21-7-33(8-22-41)31-38(32-48)45(52)54-30-29-53-28-27-44(50)51;1-45(2,3)39-17-9-34(10-18-39)36-13-23-42(24-14-36)48(43-25-15-37(16-26-43)35-11-19-40(20-12-35)46(4,5)6)41-21-7-33(8-22-41)31-38(32-47)44(49)54-28-27-53-29-30-55(50,51)52/h7-26,31H,27-30H2,1-6H3,(H,50,51);7-26,31H,27-30H2,1-6H3,(H2,50,51,52)/b2*38-31+. The van der Waals surface area contributed by atoms with Gasteiger partial charge < -0.3 is 43.6 Å². The van der Waals surface area contributed by atoms with Gasteiger partial charge in [0.2, 0.25) is 0 Å². The number of rotatable bonds is 26. The molecule has 0 saturated heterocycles. The van der Waals surface area contributed by atoms with Gasteiger partial charge in [-0.1, -0.05) is 253 Å². The molecule has 0 fully saturated rings. The second-order valence-electron chi connectivity index (χ2n) is 30.7. The Hall–Kier alpha value is -11.3. The van der Waals surface area contributed by atoms with E-state index in [1.165, 1.54) is 34.4 Å². The number of carboxylic acids is 1. The predicted molar refractivity (Wildman–Crippen MR) is 439 cm³/mol. The number of carboxylic acid groups (broad SMARTS) is 1. The van der Waals surface area contributed by atoms with Crippen LogP contribution in [0.3, 0.4) is 0 Å². The summed E-state index contributed by atoms with van der Waals surface area (Å²) >= 11 is 0. The van der Waals surface area contributed by atoms with Crippen LogP contribution in [0.2, 0.25) is 0 Å². The number of aliphatic carboxylic acids is 1. The normalized spacial score (nSPS) is 12.0. The molecule has 109 heavy (non-hydrogen) atoms. The molecule has 0 aliphatic carbocycles. The lowest BCUT2D eigenvalue weighted by Crippen LogP contribution is -2.13. The van der Waals surface area contributed by atoms with Gasteiger partial charge in [0.05, 0.1) is 39.0 Å². The van der Waals surface area contributed by atoms with Crippen molar-refractivity contribution in [3.63, 3.8) is 0 Å². The molecular formula is C93H97N4O11P. The molecule has 0 heterocycles. The summed E-state index contributed by atoms with van der Waals surface area (Å²) in [6.45, 7) is 26.1. The summed E-state index contributed by atoms with van der Waals surface area (Å²) in [5.41, 5.74) is 21.1. The molecule has 560 valence electrons. The highest BCUT2D eigenvalue weighted by Crippen LogP contribution is 2.41. The average molecular weight is 1480 g/mol. The van der Waals surface area contributed by atoms with Crippen molar-refractivity contribution in [2.24, 2.45) is 0 Å². The third-order valence-electron chi connectivity index (χ3n) is 18.4. The van der Waals surface area contributed by atoms with Gasteiger partial charge in [-0.05, 0) is 184 Å². The van der Waals surface area contributed by atoms with Gasteiger partial charge in [-0.3, -0.25) is 9.36 Å². The Bertz CT molecular complexity index is 4690. The molecule has 0 saturated carbocycles. The van der Waals surface area contributed by atoms with E-state index in [0.29, 0.717) is 11.1 Å². The van der Waals surface area contributed by atoms with Crippen molar-refractivity contribution in [1.82, 2.24) is 0 Å². The number of nitrogens with zero attached hydrogens (tertiary/aromatic N) is 4. The fraction of sp³-hybridized carbons (Fsp3) is 0.258. The monoisotopic (exact) mass is 1480 g/mol. The zero-order valence-electron chi connectivity index (χ0n) is 64.2. The Balaban J connectivity index is 0.000000251. The first-order valence-electron chi connectivity index (χ1n) is 36.4. The van der Waals surface area contributed by atoms with Crippen molar-refractivity contribution in [3.05, 3.63) is 287 Å². The van der Waals surface area contributed by atoms with Crippen LogP contribution in [0.25, 0.3) is 56.7 Å². The van der Waals surface area contributed by atoms with Crippen LogP contribution in [0.1, 0.15) is 123 Å². The lowest BCUT2D eigenvalue weighted by Gasteiger charge is -2.26. The molecule has 0 spiro atoms. The van der Waals surface area contributed by atoms with E-state index in [9.17, 15) is 29.5 Å². The smallest absolute Gasteiger partial charge is 0.348 e. The van der Waals surface area contributed by atoms with Crippen LogP contribution in [0, 0.1) is 22.7 Å². The van der Waals surface area contributed by atoms with Gasteiger partial charge >= 0.3 is 25.5 Å². The summed E-state index contributed by atoms with van der Waals surface area (Å²) in [5, 5.41) is 28.1. The molecule has 0 unspecified atom stereocenters. The quantitative estimate of drug-likeness (QED) is 0.0151. The Kier molecular flexibility index (Phi) is 27.4. The molecule has 3 N–H and O–H groups in total. The molecule has 0 aromatic heterocycles. The van der Waals surface area contributed by atoms with E-state index in [4.69, 9.17) is 33.8 Å². The second-order valence-corrected chi connectivity index (χ2v) is 32.5. The average Bonchev–Trinajstić information content (AvgIpc) is 0.783. The maximum atomic E-state index is 12.6. The summed E-state index contributed by atoms with van der Waals surface area (Å²) in [6, 6.07) is 87.9. The van der Waals surface area contributed by atoms with Crippen LogP contribution in [-0.2, 0) is 59.6 Å². The van der Waals surface area contributed by atoms with Crippen molar-refractivity contribution in [2.75, 3.05) is 55.6 Å². The summed E-state index contributed by atoms with van der Waals surface area (Å²) in [7, 11) is -4.17. The van der Waals surface area contributed by atoms with Crippen molar-refractivity contribution in [1.29, 1.82) is 10.5 Å². The Morgan fingerprint density at radius 2 is 0.569 bits per heavy atom. The van der Waals surface area contributed by atoms with Crippen LogP contribution in [0.15, 0.2) is 254 Å². The van der Waals surface area contributed by atoms with Gasteiger partial charge in [-0.2, -0.15) is 10.5 Å². The first-order chi connectivity index (χ1) is 51.7. The molecule has 0 radical (unpaired) electrons. The van der Waals surface area contributed by atoms with Crippen LogP contribution < -0.4 is 9.80 Å². The Morgan fingerprint density at radius 3 is 0.780 bits per heavy atom. The van der Waals surface area contributed by atoms with Gasteiger partial charge in [0.25, 0.3) is 0 Å². The van der Waals surface area contributed by atoms with E-state index >= 15 is 0 Å². The number of ether oxygens (including phenoxy) is 4. The van der Waals surface area contributed by atoms with Gasteiger partial charge in [-0.15, -0.1) is 0 Å². The summed E-state index contributed by atoms with van der Waals surface area (Å²) in [4.78, 5) is 58.0. The number of anilines is 6. The highest BCUT2D eigenvalue weighted by molar-refractivity contribution is 7.51. The van der Waals surface area contributed by atoms with Crippen molar-refractivity contribution < 1.29 is 52.8 Å². The van der Waals surface area contributed by atoms with Crippen LogP contribution in [0.4, 0.5) is 34.1 Å². The molecule has 10 aromatic rings. The number of benzene rings is 10. The molecule has 15 nitrogen and oxygen atoms in total. The number of carbonyl (C=O) groups is 3. The molecular weight excluding hydrogens is 1380 g/mol. The lowest BCUT2D eigenvalue weighted by atomic mass is 9.86. The summed E-state index contributed by atoms with van der Waals surface area (Å²) in [5.74, 6) is -2.55. The van der Waals surface area contributed by atoms with E-state index in [2.05, 4.69) is 287 Å². The highest BCUT2D eigenvalue weighted by Gasteiger charge is 2.22. The largest absolute Gasteiger partial charge is 0.481 e. The Labute approximate surface area is 642 Å². The van der Waals surface area contributed by atoms with Gasteiger partial charge in [-0.25, -0.2) is 9.59 Å². The zero-order valence-corrected chi connectivity index (χ0v) is 65.1. The zero-order chi connectivity index (χ0) is 78.7. The minimum atomic E-state index is -4.17. The molecule has 0 amide bonds. The van der Waals surface area contributed by atoms with Gasteiger partial charge in [0, 0.05) is 34.1 Å². The highest BCUT2D eigenvalue weighted by atomic mass is 31.2. The number of carbonyl (C=O) groups excluding carboxylic acids is 2. The number of hydrogen-bond donors (Lipinski definition) is 3. The molecule has 0 bridgehead atoms. The van der Waals surface area contributed by atoms with E-state index in [-0.39, 0.29) is 78.9 Å². The first-order valence-corrected chi connectivity index (χ1v) is 38.2. The molecule has 16 heteroatoms. The molecule has 0 aliphatic heterocycles. The van der Waals surface area contributed by atoms with E-state index in [1.807, 2.05) is 60.7 Å². The maximum absolute atomic E-state index is 12.6. The fourth-order valence-electron chi connectivity index (χ4n) is 11.9. The molecule has 10 aromatic carbocycles. The van der Waals surface area contributed by atoms with E-state index in [0.717, 1.165) is 78.6 Å². The van der Waals surface area contributed by atoms with Crippen LogP contribution in [-0.4, -0.2) is 78.6 Å². The van der Waals surface area contributed by atoms with Gasteiger partial charge in [0.1, 0.15) is 36.5 Å². The van der Waals surface area contributed by atoms with E-state index < -0.39 is 31.7 Å². The third kappa shape index (κ3) is 23.6. The van der Waals surface area contributed by atoms with Crippen LogP contribution in [0.5, 0.6) is 0 Å². The predicted octanol–water partition coefficient (Wildman–Crippen LogP) is 21.8. The summed E-state index contributed by atoms with van der Waals surface area (Å²) in [6.07, 6.45) is 2.39. The maximum Gasteiger partial charge on any atom is 0.348 e. The molecule has 0 atom stereocenters. The third-order valence-corrected chi connectivity index (χ3v) is 19.1. The minimum Gasteiger partial charge on any atom is -0.481 e. The Morgan fingerprint density at radius 1 is 0.349 bits per heavy atom. The first kappa shape index (κ1) is 81.8. The fourth-order valence-corrected chi connectivity index (χ4v) is 12.3. The SMILES string of the molecule is CC(C)(C)c1ccc(-c2ccc(N(c3ccc(/C=C(\C#N)C(=O)OCCOCCC(=O)O)cc3)c3ccc(-c4ccc(C(C)(C)C)cc4)cc3)cc2)cc1.CC(C)(C)c1ccc(-c2ccc(N(c3ccc(/C=C(\C#N)C(=O)OCCOCCP(=O)(O)O)cc3)c3ccc(-c4ccc(C(C)(C)C)cc4)cc3)cc2)cc1. The minimum absolute atomic E-state index is 0.0163. The van der Waals surface area contributed by atoms with Crippen molar-refractivity contribution >= 4 is 71.8 Å². The van der Waals surface area contributed by atoms with Gasteiger partial charge in [0.15, 0.2) is 0 Å². The van der Waals surface area contributed by atoms with Crippen molar-refractivity contribution in [3.8, 4) is 56.6 Å². The second kappa shape index (κ2) is 36.6. The number of esters is 2. The molecule has 0 aliphatic rings. The topological polar surface area (TPSA) is 220 Å².